The number of hydrogen-bond donors (Lipinski definition) is 3. The van der Waals surface area contributed by atoms with E-state index >= 15 is 0 Å². The Morgan fingerprint density at radius 2 is 1.92 bits per heavy atom. The summed E-state index contributed by atoms with van der Waals surface area (Å²) in [5.41, 5.74) is 4.93. The molecule has 0 aromatic heterocycles. The van der Waals surface area contributed by atoms with Crippen LogP contribution in [0.1, 0.15) is 0 Å². The maximum Gasteiger partial charge on any atom is 0.237 e. The van der Waals surface area contributed by atoms with Crippen molar-refractivity contribution in [1.29, 1.82) is 0 Å². The largest absolute Gasteiger partial charge is 0.368 e. The lowest BCUT2D eigenvalue weighted by molar-refractivity contribution is -0.132. The summed E-state index contributed by atoms with van der Waals surface area (Å²) in [6.07, 6.45) is 0. The number of amides is 2. The Hall–Kier alpha value is -0.360. The number of rotatable bonds is 5. The van der Waals surface area contributed by atoms with Gasteiger partial charge in [0.15, 0.2) is 0 Å². The predicted octanol–water partition coefficient (Wildman–Crippen LogP) is -0.840. The summed E-state index contributed by atoms with van der Waals surface area (Å²) in [6, 6.07) is 0. The average molecular weight is 208 g/mol. The van der Waals surface area contributed by atoms with Gasteiger partial charge in [-0.25, -0.2) is 0 Å². The van der Waals surface area contributed by atoms with Gasteiger partial charge >= 0.3 is 0 Å². The Balaban J connectivity index is 4.02. The molecule has 0 fully saturated rings. The van der Waals surface area contributed by atoms with Crippen molar-refractivity contribution in [2.24, 2.45) is 5.73 Å². The van der Waals surface area contributed by atoms with Crippen molar-refractivity contribution in [1.82, 2.24) is 4.90 Å². The Kier molecular flexibility index (Phi) is 6.00. The van der Waals surface area contributed by atoms with Crippen LogP contribution in [0.15, 0.2) is 0 Å². The van der Waals surface area contributed by atoms with Crippen LogP contribution in [0.2, 0.25) is 0 Å². The summed E-state index contributed by atoms with van der Waals surface area (Å²) in [5.74, 6) is -0.133. The van der Waals surface area contributed by atoms with Crippen LogP contribution in [0.4, 0.5) is 0 Å². The predicted molar refractivity (Wildman–Crippen MR) is 53.5 cm³/mol. The molecule has 0 bridgehead atoms. The van der Waals surface area contributed by atoms with E-state index in [2.05, 4.69) is 25.3 Å². The van der Waals surface area contributed by atoms with Crippen LogP contribution in [0, 0.1) is 0 Å². The highest BCUT2D eigenvalue weighted by Gasteiger charge is 2.12. The van der Waals surface area contributed by atoms with Crippen molar-refractivity contribution in [3.05, 3.63) is 0 Å². The molecule has 0 atom stereocenters. The first-order chi connectivity index (χ1) is 5.61. The smallest absolute Gasteiger partial charge is 0.237 e. The molecule has 0 saturated heterocycles. The van der Waals surface area contributed by atoms with Crippen molar-refractivity contribution in [2.45, 2.75) is 0 Å². The highest BCUT2D eigenvalue weighted by Crippen LogP contribution is 1.92. The Morgan fingerprint density at radius 1 is 1.33 bits per heavy atom. The van der Waals surface area contributed by atoms with E-state index in [1.807, 2.05) is 0 Å². The molecule has 0 aliphatic heterocycles. The van der Waals surface area contributed by atoms with E-state index < -0.39 is 5.91 Å². The maximum atomic E-state index is 11.0. The minimum atomic E-state index is -0.521. The summed E-state index contributed by atoms with van der Waals surface area (Å²) < 4.78 is 0. The van der Waals surface area contributed by atoms with E-state index in [9.17, 15) is 9.59 Å². The summed E-state index contributed by atoms with van der Waals surface area (Å²) in [7, 11) is 0. The zero-order valence-corrected chi connectivity index (χ0v) is 8.35. The monoisotopic (exact) mass is 208 g/mol. The molecule has 0 aromatic carbocycles. The molecule has 4 nitrogen and oxygen atoms in total. The van der Waals surface area contributed by atoms with Gasteiger partial charge in [0, 0.05) is 12.3 Å². The molecule has 0 spiro atoms. The second kappa shape index (κ2) is 6.19. The molecular formula is C6H12N2O2S2. The number of hydrogen-bond acceptors (Lipinski definition) is 4. The molecule has 0 unspecified atom stereocenters. The van der Waals surface area contributed by atoms with Gasteiger partial charge in [-0.15, -0.1) is 0 Å². The first kappa shape index (κ1) is 11.6. The van der Waals surface area contributed by atoms with Gasteiger partial charge in [-0.3, -0.25) is 9.59 Å². The van der Waals surface area contributed by atoms with E-state index in [1.165, 1.54) is 4.90 Å². The quantitative estimate of drug-likeness (QED) is 0.516. The van der Waals surface area contributed by atoms with Crippen LogP contribution in [-0.4, -0.2) is 41.3 Å². The average Bonchev–Trinajstić information content (AvgIpc) is 2.01. The van der Waals surface area contributed by atoms with Crippen LogP contribution in [0.25, 0.3) is 0 Å². The third-order valence-electron chi connectivity index (χ3n) is 1.20. The van der Waals surface area contributed by atoms with Crippen LogP contribution in [0.5, 0.6) is 0 Å². The van der Waals surface area contributed by atoms with E-state index in [4.69, 9.17) is 5.73 Å². The number of carbonyl (C=O) groups is 2. The van der Waals surface area contributed by atoms with Crippen LogP contribution < -0.4 is 5.73 Å². The first-order valence-electron chi connectivity index (χ1n) is 3.39. The molecule has 0 aliphatic rings. The highest BCUT2D eigenvalue weighted by atomic mass is 32.1. The Labute approximate surface area is 82.3 Å². The fraction of sp³-hybridized carbons (Fsp3) is 0.667. The van der Waals surface area contributed by atoms with E-state index in [0.29, 0.717) is 12.3 Å². The van der Waals surface area contributed by atoms with Gasteiger partial charge in [0.05, 0.1) is 12.3 Å². The fourth-order valence-electron chi connectivity index (χ4n) is 0.701. The summed E-state index contributed by atoms with van der Waals surface area (Å²) in [5, 5.41) is 0. The van der Waals surface area contributed by atoms with Crippen molar-refractivity contribution in [3.8, 4) is 0 Å². The zero-order valence-electron chi connectivity index (χ0n) is 6.56. The zero-order chi connectivity index (χ0) is 9.56. The second-order valence-electron chi connectivity index (χ2n) is 2.16. The lowest BCUT2D eigenvalue weighted by Crippen LogP contribution is -2.40. The standard InChI is InChI=1S/C6H12N2O2S2/c7-5(9)3-8(1-2-11)6(10)4-12/h11-12H,1-4H2,(H2,7,9). The molecule has 0 radical (unpaired) electrons. The van der Waals surface area contributed by atoms with Gasteiger partial charge in [0.25, 0.3) is 0 Å². The normalized spacial score (nSPS) is 9.50. The number of primary amides is 1. The summed E-state index contributed by atoms with van der Waals surface area (Å²) in [6.45, 7) is 0.366. The second-order valence-corrected chi connectivity index (χ2v) is 2.93. The molecule has 6 heteroatoms. The number of thiol groups is 2. The number of nitrogens with two attached hydrogens (primary N) is 1. The molecule has 12 heavy (non-hydrogen) atoms. The SMILES string of the molecule is NC(=O)CN(CCS)C(=O)CS. The summed E-state index contributed by atoms with van der Waals surface area (Å²) in [4.78, 5) is 22.9. The Morgan fingerprint density at radius 3 is 2.25 bits per heavy atom. The third kappa shape index (κ3) is 4.50. The van der Waals surface area contributed by atoms with Crippen molar-refractivity contribution < 1.29 is 9.59 Å². The molecule has 0 rings (SSSR count). The van der Waals surface area contributed by atoms with Gasteiger partial charge in [-0.2, -0.15) is 25.3 Å². The Bertz CT molecular complexity index is 175. The van der Waals surface area contributed by atoms with Crippen LogP contribution in [0.3, 0.4) is 0 Å². The van der Waals surface area contributed by atoms with Gasteiger partial charge in [-0.1, -0.05) is 0 Å². The van der Waals surface area contributed by atoms with Gasteiger partial charge in [0.1, 0.15) is 0 Å². The molecular weight excluding hydrogens is 196 g/mol. The van der Waals surface area contributed by atoms with Crippen molar-refractivity contribution in [2.75, 3.05) is 24.6 Å². The molecule has 70 valence electrons. The minimum absolute atomic E-state index is 0.0556. The maximum absolute atomic E-state index is 11.0. The van der Waals surface area contributed by atoms with Crippen molar-refractivity contribution >= 4 is 37.1 Å². The molecule has 0 aliphatic carbocycles. The molecule has 0 aromatic rings. The molecule has 0 heterocycles. The molecule has 2 N–H and O–H groups in total. The van der Waals surface area contributed by atoms with Gasteiger partial charge in [-0.05, 0) is 0 Å². The minimum Gasteiger partial charge on any atom is -0.368 e. The van der Waals surface area contributed by atoms with Crippen molar-refractivity contribution in [3.63, 3.8) is 0 Å². The number of nitrogens with zero attached hydrogens (tertiary/aromatic N) is 1. The first-order valence-corrected chi connectivity index (χ1v) is 4.66. The third-order valence-corrected chi connectivity index (χ3v) is 1.68. The lowest BCUT2D eigenvalue weighted by atomic mass is 10.4. The topological polar surface area (TPSA) is 63.4 Å². The molecule has 2 amide bonds. The van der Waals surface area contributed by atoms with E-state index in [1.54, 1.807) is 0 Å². The molecule has 0 saturated carbocycles. The summed E-state index contributed by atoms with van der Waals surface area (Å²) >= 11 is 7.75. The number of carbonyl (C=O) groups excluding carboxylic acids is 2. The van der Waals surface area contributed by atoms with Gasteiger partial charge < -0.3 is 10.6 Å². The van der Waals surface area contributed by atoms with Crippen LogP contribution >= 0.6 is 25.3 Å². The van der Waals surface area contributed by atoms with E-state index in [0.717, 1.165) is 0 Å². The lowest BCUT2D eigenvalue weighted by Gasteiger charge is -2.18. The highest BCUT2D eigenvalue weighted by molar-refractivity contribution is 7.81. The van der Waals surface area contributed by atoms with E-state index in [-0.39, 0.29) is 18.2 Å². The fourth-order valence-corrected chi connectivity index (χ4v) is 1.14. The van der Waals surface area contributed by atoms with Crippen LogP contribution in [-0.2, 0) is 9.59 Å². The van der Waals surface area contributed by atoms with Gasteiger partial charge in [0.2, 0.25) is 11.8 Å².